The van der Waals surface area contributed by atoms with Crippen LogP contribution in [0, 0.1) is 0 Å². The summed E-state index contributed by atoms with van der Waals surface area (Å²) in [5.74, 6) is 0.0624. The standard InChI is InChI=1S/C16H26N2O/c1-4-5-11-15(14-9-7-6-8-10-14)17-12-16(19)18-13(2)3/h6-10,13,15,17H,4-5,11-12H2,1-3H3,(H,18,19). The Bertz CT molecular complexity index is 362. The largest absolute Gasteiger partial charge is 0.353 e. The van der Waals surface area contributed by atoms with Crippen molar-refractivity contribution in [3.8, 4) is 0 Å². The lowest BCUT2D eigenvalue weighted by Gasteiger charge is -2.19. The van der Waals surface area contributed by atoms with Crippen LogP contribution in [0.2, 0.25) is 0 Å². The van der Waals surface area contributed by atoms with Gasteiger partial charge in [0.2, 0.25) is 5.91 Å². The van der Waals surface area contributed by atoms with Crippen LogP contribution in [-0.4, -0.2) is 18.5 Å². The van der Waals surface area contributed by atoms with Crippen molar-refractivity contribution in [1.29, 1.82) is 0 Å². The average molecular weight is 262 g/mol. The molecular weight excluding hydrogens is 236 g/mol. The zero-order chi connectivity index (χ0) is 14.1. The van der Waals surface area contributed by atoms with Gasteiger partial charge in [0.05, 0.1) is 6.54 Å². The normalized spacial score (nSPS) is 12.4. The van der Waals surface area contributed by atoms with E-state index in [0.29, 0.717) is 6.54 Å². The van der Waals surface area contributed by atoms with Crippen LogP contribution in [-0.2, 0) is 4.79 Å². The average Bonchev–Trinajstić information content (AvgIpc) is 2.39. The first-order valence-corrected chi connectivity index (χ1v) is 7.21. The second-order valence-corrected chi connectivity index (χ2v) is 5.21. The van der Waals surface area contributed by atoms with E-state index in [0.717, 1.165) is 6.42 Å². The van der Waals surface area contributed by atoms with Crippen molar-refractivity contribution in [3.63, 3.8) is 0 Å². The van der Waals surface area contributed by atoms with Gasteiger partial charge in [0.1, 0.15) is 0 Å². The SMILES string of the molecule is CCCCC(NCC(=O)NC(C)C)c1ccccc1. The number of benzene rings is 1. The van der Waals surface area contributed by atoms with Crippen LogP contribution in [0.5, 0.6) is 0 Å². The van der Waals surface area contributed by atoms with Crippen molar-refractivity contribution < 1.29 is 4.79 Å². The molecule has 106 valence electrons. The molecule has 1 unspecified atom stereocenters. The Kier molecular flexibility index (Phi) is 7.19. The molecular formula is C16H26N2O. The summed E-state index contributed by atoms with van der Waals surface area (Å²) >= 11 is 0. The third-order valence-corrected chi connectivity index (χ3v) is 3.01. The molecule has 0 spiro atoms. The first-order valence-electron chi connectivity index (χ1n) is 7.21. The number of carbonyl (C=O) groups is 1. The van der Waals surface area contributed by atoms with Crippen LogP contribution in [0.3, 0.4) is 0 Å². The minimum absolute atomic E-state index is 0.0624. The minimum Gasteiger partial charge on any atom is -0.353 e. The highest BCUT2D eigenvalue weighted by Gasteiger charge is 2.12. The summed E-state index contributed by atoms with van der Waals surface area (Å²) in [5.41, 5.74) is 1.26. The van der Waals surface area contributed by atoms with Crippen molar-refractivity contribution >= 4 is 5.91 Å². The van der Waals surface area contributed by atoms with Gasteiger partial charge in [0.15, 0.2) is 0 Å². The van der Waals surface area contributed by atoms with Crippen LogP contribution in [0.25, 0.3) is 0 Å². The molecule has 0 saturated carbocycles. The molecule has 0 aliphatic rings. The van der Waals surface area contributed by atoms with E-state index in [1.165, 1.54) is 18.4 Å². The minimum atomic E-state index is 0.0624. The van der Waals surface area contributed by atoms with Crippen LogP contribution in [0.4, 0.5) is 0 Å². The topological polar surface area (TPSA) is 41.1 Å². The van der Waals surface area contributed by atoms with E-state index in [4.69, 9.17) is 0 Å². The molecule has 1 rings (SSSR count). The van der Waals surface area contributed by atoms with Crippen LogP contribution in [0.15, 0.2) is 30.3 Å². The summed E-state index contributed by atoms with van der Waals surface area (Å²) in [4.78, 5) is 11.7. The highest BCUT2D eigenvalue weighted by atomic mass is 16.1. The summed E-state index contributed by atoms with van der Waals surface area (Å²) in [6, 6.07) is 10.8. The van der Waals surface area contributed by atoms with Gasteiger partial charge in [-0.2, -0.15) is 0 Å². The molecule has 0 aliphatic heterocycles. The second kappa shape index (κ2) is 8.70. The quantitative estimate of drug-likeness (QED) is 0.756. The molecule has 2 N–H and O–H groups in total. The van der Waals surface area contributed by atoms with Gasteiger partial charge in [-0.25, -0.2) is 0 Å². The van der Waals surface area contributed by atoms with Gasteiger partial charge in [0.25, 0.3) is 0 Å². The van der Waals surface area contributed by atoms with Gasteiger partial charge < -0.3 is 10.6 Å². The van der Waals surface area contributed by atoms with E-state index in [1.807, 2.05) is 32.0 Å². The molecule has 1 aromatic carbocycles. The number of hydrogen-bond donors (Lipinski definition) is 2. The first-order chi connectivity index (χ1) is 9.13. The molecule has 3 nitrogen and oxygen atoms in total. The summed E-state index contributed by atoms with van der Waals surface area (Å²) in [6.07, 6.45) is 3.40. The Morgan fingerprint density at radius 2 is 1.89 bits per heavy atom. The van der Waals surface area contributed by atoms with Crippen molar-refractivity contribution in [3.05, 3.63) is 35.9 Å². The first kappa shape index (κ1) is 15.7. The van der Waals surface area contributed by atoms with E-state index < -0.39 is 0 Å². The van der Waals surface area contributed by atoms with Gasteiger partial charge >= 0.3 is 0 Å². The molecule has 0 aliphatic carbocycles. The highest BCUT2D eigenvalue weighted by molar-refractivity contribution is 5.78. The van der Waals surface area contributed by atoms with E-state index in [1.54, 1.807) is 0 Å². The number of nitrogens with one attached hydrogen (secondary N) is 2. The molecule has 0 radical (unpaired) electrons. The zero-order valence-electron chi connectivity index (χ0n) is 12.3. The van der Waals surface area contributed by atoms with Gasteiger partial charge in [0, 0.05) is 12.1 Å². The fourth-order valence-electron chi connectivity index (χ4n) is 2.07. The highest BCUT2D eigenvalue weighted by Crippen LogP contribution is 2.18. The fraction of sp³-hybridized carbons (Fsp3) is 0.562. The van der Waals surface area contributed by atoms with Gasteiger partial charge in [-0.15, -0.1) is 0 Å². The molecule has 3 heteroatoms. The van der Waals surface area contributed by atoms with E-state index in [9.17, 15) is 4.79 Å². The Morgan fingerprint density at radius 3 is 2.47 bits per heavy atom. The van der Waals surface area contributed by atoms with Gasteiger partial charge in [-0.05, 0) is 25.8 Å². The number of hydrogen-bond acceptors (Lipinski definition) is 2. The van der Waals surface area contributed by atoms with Crippen molar-refractivity contribution in [2.45, 2.75) is 52.1 Å². The van der Waals surface area contributed by atoms with Crippen LogP contribution < -0.4 is 10.6 Å². The summed E-state index contributed by atoms with van der Waals surface area (Å²) in [5, 5.41) is 6.27. The van der Waals surface area contributed by atoms with Crippen molar-refractivity contribution in [2.24, 2.45) is 0 Å². The molecule has 0 fully saturated rings. The maximum absolute atomic E-state index is 11.7. The Balaban J connectivity index is 2.53. The lowest BCUT2D eigenvalue weighted by molar-refractivity contribution is -0.120. The molecule has 0 saturated heterocycles. The van der Waals surface area contributed by atoms with Crippen molar-refractivity contribution in [1.82, 2.24) is 10.6 Å². The van der Waals surface area contributed by atoms with E-state index >= 15 is 0 Å². The molecule has 1 aromatic rings. The van der Waals surface area contributed by atoms with Crippen LogP contribution >= 0.6 is 0 Å². The number of carbonyl (C=O) groups excluding carboxylic acids is 1. The van der Waals surface area contributed by atoms with E-state index in [2.05, 4.69) is 29.7 Å². The maximum Gasteiger partial charge on any atom is 0.234 e. The molecule has 1 amide bonds. The molecule has 0 aromatic heterocycles. The third-order valence-electron chi connectivity index (χ3n) is 3.01. The lowest BCUT2D eigenvalue weighted by atomic mass is 10.0. The Hall–Kier alpha value is -1.35. The van der Waals surface area contributed by atoms with Gasteiger partial charge in [-0.3, -0.25) is 4.79 Å². The summed E-state index contributed by atoms with van der Waals surface area (Å²) in [6.45, 7) is 6.52. The van der Waals surface area contributed by atoms with Crippen LogP contribution in [0.1, 0.15) is 51.6 Å². The Labute approximate surface area is 116 Å². The molecule has 1 atom stereocenters. The lowest BCUT2D eigenvalue weighted by Crippen LogP contribution is -2.39. The molecule has 19 heavy (non-hydrogen) atoms. The molecule has 0 heterocycles. The summed E-state index contributed by atoms with van der Waals surface area (Å²) in [7, 11) is 0. The fourth-order valence-corrected chi connectivity index (χ4v) is 2.07. The number of unbranched alkanes of at least 4 members (excludes halogenated alkanes) is 1. The smallest absolute Gasteiger partial charge is 0.234 e. The number of rotatable bonds is 8. The van der Waals surface area contributed by atoms with Gasteiger partial charge in [-0.1, -0.05) is 50.1 Å². The van der Waals surface area contributed by atoms with Crippen molar-refractivity contribution in [2.75, 3.05) is 6.54 Å². The molecule has 0 bridgehead atoms. The monoisotopic (exact) mass is 262 g/mol. The predicted octanol–water partition coefficient (Wildman–Crippen LogP) is 3.03. The third kappa shape index (κ3) is 6.39. The Morgan fingerprint density at radius 1 is 1.21 bits per heavy atom. The summed E-state index contributed by atoms with van der Waals surface area (Å²) < 4.78 is 0. The maximum atomic E-state index is 11.7. The number of amides is 1. The second-order valence-electron chi connectivity index (χ2n) is 5.21. The zero-order valence-corrected chi connectivity index (χ0v) is 12.3. The van der Waals surface area contributed by atoms with E-state index in [-0.39, 0.29) is 18.0 Å². The predicted molar refractivity (Wildman–Crippen MR) is 80.0 cm³/mol.